The number of terminal acetylenes is 1. The molecule has 3 aliphatic rings. The molecule has 3 rings (SSSR count). The molecule has 0 aliphatic carbocycles. The Morgan fingerprint density at radius 2 is 2.09 bits per heavy atom. The minimum atomic E-state index is -0.809. The molecule has 60 valence electrons. The third-order valence-corrected chi connectivity index (χ3v) is 2.98. The van der Waals surface area contributed by atoms with E-state index in [9.17, 15) is 5.11 Å². The van der Waals surface area contributed by atoms with Crippen LogP contribution in [0.3, 0.4) is 0 Å². The third kappa shape index (κ3) is 0.962. The predicted molar refractivity (Wildman–Crippen MR) is 42.9 cm³/mol. The van der Waals surface area contributed by atoms with Crippen molar-refractivity contribution in [2.45, 2.75) is 18.4 Å². The normalized spacial score (nSPS) is 48.7. The van der Waals surface area contributed by atoms with Crippen LogP contribution in [0.5, 0.6) is 0 Å². The van der Waals surface area contributed by atoms with Crippen LogP contribution in [0.2, 0.25) is 0 Å². The molecule has 2 bridgehead atoms. The fourth-order valence-electron chi connectivity index (χ4n) is 2.20. The first-order valence-corrected chi connectivity index (χ1v) is 4.17. The Morgan fingerprint density at radius 3 is 2.36 bits per heavy atom. The molecule has 1 N–H and O–H groups in total. The average molecular weight is 151 g/mol. The van der Waals surface area contributed by atoms with E-state index in [1.807, 2.05) is 0 Å². The number of nitrogens with zero attached hydrogens (tertiary/aromatic N) is 1. The van der Waals surface area contributed by atoms with E-state index in [-0.39, 0.29) is 0 Å². The molecule has 0 unspecified atom stereocenters. The summed E-state index contributed by atoms with van der Waals surface area (Å²) < 4.78 is 0. The minimum Gasteiger partial charge on any atom is -0.376 e. The SMILES string of the molecule is C#C[C@]1(O)CN2CCC1CC2. The molecule has 3 saturated heterocycles. The van der Waals surface area contributed by atoms with E-state index in [1.165, 1.54) is 0 Å². The minimum absolute atomic E-state index is 0.359. The smallest absolute Gasteiger partial charge is 0.140 e. The summed E-state index contributed by atoms with van der Waals surface area (Å²) in [7, 11) is 0. The number of fused-ring (bicyclic) bond motifs is 3. The van der Waals surface area contributed by atoms with Crippen molar-refractivity contribution < 1.29 is 5.11 Å². The zero-order valence-electron chi connectivity index (χ0n) is 6.58. The lowest BCUT2D eigenvalue weighted by Crippen LogP contribution is -2.58. The van der Waals surface area contributed by atoms with Gasteiger partial charge in [0.25, 0.3) is 0 Å². The summed E-state index contributed by atoms with van der Waals surface area (Å²) in [5, 5.41) is 9.89. The fourth-order valence-corrected chi connectivity index (χ4v) is 2.20. The first kappa shape index (κ1) is 7.15. The maximum absolute atomic E-state index is 9.89. The molecule has 3 heterocycles. The van der Waals surface area contributed by atoms with Gasteiger partial charge in [-0.15, -0.1) is 6.42 Å². The Kier molecular flexibility index (Phi) is 1.45. The van der Waals surface area contributed by atoms with Gasteiger partial charge in [-0.1, -0.05) is 5.92 Å². The zero-order valence-corrected chi connectivity index (χ0v) is 6.58. The number of hydrogen-bond acceptors (Lipinski definition) is 2. The molecule has 0 amide bonds. The molecule has 11 heavy (non-hydrogen) atoms. The summed E-state index contributed by atoms with van der Waals surface area (Å²) in [6, 6.07) is 0. The second-order valence-corrected chi connectivity index (χ2v) is 3.62. The van der Waals surface area contributed by atoms with Crippen LogP contribution in [0.15, 0.2) is 0 Å². The average Bonchev–Trinajstić information content (AvgIpc) is 2.06. The highest BCUT2D eigenvalue weighted by atomic mass is 16.3. The van der Waals surface area contributed by atoms with Gasteiger partial charge in [0.2, 0.25) is 0 Å². The maximum Gasteiger partial charge on any atom is 0.140 e. The van der Waals surface area contributed by atoms with Crippen LogP contribution >= 0.6 is 0 Å². The third-order valence-electron chi connectivity index (χ3n) is 2.98. The monoisotopic (exact) mass is 151 g/mol. The van der Waals surface area contributed by atoms with Crippen molar-refractivity contribution in [2.75, 3.05) is 19.6 Å². The van der Waals surface area contributed by atoms with Gasteiger partial charge in [0.15, 0.2) is 0 Å². The quantitative estimate of drug-likeness (QED) is 0.495. The molecule has 2 nitrogen and oxygen atoms in total. The van der Waals surface area contributed by atoms with E-state index >= 15 is 0 Å². The van der Waals surface area contributed by atoms with E-state index in [0.717, 1.165) is 25.9 Å². The molecule has 0 aromatic rings. The second-order valence-electron chi connectivity index (χ2n) is 3.62. The number of aliphatic hydroxyl groups is 1. The van der Waals surface area contributed by atoms with E-state index in [0.29, 0.717) is 12.5 Å². The topological polar surface area (TPSA) is 23.5 Å². The summed E-state index contributed by atoms with van der Waals surface area (Å²) in [4.78, 5) is 2.25. The molecule has 0 aromatic heterocycles. The van der Waals surface area contributed by atoms with Gasteiger partial charge < -0.3 is 5.11 Å². The second kappa shape index (κ2) is 2.23. The molecular formula is C9H13NO. The lowest BCUT2D eigenvalue weighted by Gasteiger charge is -2.47. The van der Waals surface area contributed by atoms with Crippen LogP contribution in [-0.4, -0.2) is 35.2 Å². The van der Waals surface area contributed by atoms with Crippen LogP contribution in [-0.2, 0) is 0 Å². The predicted octanol–water partition coefficient (Wildman–Crippen LogP) is 0.0763. The molecule has 0 spiro atoms. The van der Waals surface area contributed by atoms with Gasteiger partial charge in [-0.3, -0.25) is 4.90 Å². The van der Waals surface area contributed by atoms with Crippen molar-refractivity contribution in [1.82, 2.24) is 4.90 Å². The summed E-state index contributed by atoms with van der Waals surface area (Å²) in [5.41, 5.74) is -0.809. The van der Waals surface area contributed by atoms with Crippen LogP contribution in [0.25, 0.3) is 0 Å². The number of rotatable bonds is 0. The molecule has 2 heteroatoms. The largest absolute Gasteiger partial charge is 0.376 e. The lowest BCUT2D eigenvalue weighted by molar-refractivity contribution is -0.0712. The Bertz CT molecular complexity index is 200. The van der Waals surface area contributed by atoms with Gasteiger partial charge >= 0.3 is 0 Å². The van der Waals surface area contributed by atoms with Gasteiger partial charge in [-0.2, -0.15) is 0 Å². The Balaban J connectivity index is 2.21. The summed E-state index contributed by atoms with van der Waals surface area (Å²) >= 11 is 0. The highest BCUT2D eigenvalue weighted by Crippen LogP contribution is 2.34. The van der Waals surface area contributed by atoms with Gasteiger partial charge in [0.05, 0.1) is 0 Å². The van der Waals surface area contributed by atoms with Crippen molar-refractivity contribution in [3.63, 3.8) is 0 Å². The van der Waals surface area contributed by atoms with Gasteiger partial charge in [-0.25, -0.2) is 0 Å². The standard InChI is InChI=1S/C9H13NO/c1-2-9(11)7-10-5-3-8(9)4-6-10/h1,8,11H,3-7H2/t9-/m0/s1. The summed E-state index contributed by atoms with van der Waals surface area (Å²) in [6.45, 7) is 2.93. The first-order chi connectivity index (χ1) is 5.24. The highest BCUT2D eigenvalue weighted by Gasteiger charge is 2.43. The molecule has 3 aliphatic heterocycles. The van der Waals surface area contributed by atoms with Crippen molar-refractivity contribution in [3.05, 3.63) is 0 Å². The van der Waals surface area contributed by atoms with Gasteiger partial charge in [-0.05, 0) is 25.9 Å². The molecule has 3 fully saturated rings. The lowest BCUT2D eigenvalue weighted by atomic mass is 9.76. The summed E-state index contributed by atoms with van der Waals surface area (Å²) in [5.74, 6) is 2.88. The van der Waals surface area contributed by atoms with Crippen LogP contribution in [0, 0.1) is 18.3 Å². The molecule has 1 atom stereocenters. The Labute approximate surface area is 67.2 Å². The van der Waals surface area contributed by atoms with Crippen molar-refractivity contribution in [2.24, 2.45) is 5.92 Å². The van der Waals surface area contributed by atoms with Crippen LogP contribution < -0.4 is 0 Å². The fraction of sp³-hybridized carbons (Fsp3) is 0.778. The first-order valence-electron chi connectivity index (χ1n) is 4.17. The molecular weight excluding hydrogens is 138 g/mol. The molecule has 0 saturated carbocycles. The highest BCUT2D eigenvalue weighted by molar-refractivity contribution is 5.15. The van der Waals surface area contributed by atoms with Gasteiger partial charge in [0, 0.05) is 12.5 Å². The van der Waals surface area contributed by atoms with E-state index in [2.05, 4.69) is 10.8 Å². The molecule has 0 aromatic carbocycles. The zero-order chi connectivity index (χ0) is 7.90. The Hall–Kier alpha value is -0.520. The van der Waals surface area contributed by atoms with Gasteiger partial charge in [0.1, 0.15) is 5.60 Å². The number of piperidine rings is 3. The van der Waals surface area contributed by atoms with E-state index in [1.54, 1.807) is 0 Å². The van der Waals surface area contributed by atoms with Crippen molar-refractivity contribution in [3.8, 4) is 12.3 Å². The summed E-state index contributed by atoms with van der Waals surface area (Å²) in [6.07, 6.45) is 7.44. The number of hydrogen-bond donors (Lipinski definition) is 1. The maximum atomic E-state index is 9.89. The van der Waals surface area contributed by atoms with Crippen molar-refractivity contribution >= 4 is 0 Å². The Morgan fingerprint density at radius 1 is 1.45 bits per heavy atom. The van der Waals surface area contributed by atoms with E-state index in [4.69, 9.17) is 6.42 Å². The van der Waals surface area contributed by atoms with E-state index < -0.39 is 5.60 Å². The van der Waals surface area contributed by atoms with Crippen LogP contribution in [0.4, 0.5) is 0 Å². The van der Waals surface area contributed by atoms with Crippen LogP contribution in [0.1, 0.15) is 12.8 Å². The molecule has 0 radical (unpaired) electrons. The van der Waals surface area contributed by atoms with Crippen molar-refractivity contribution in [1.29, 1.82) is 0 Å².